The molecule has 0 heterocycles. The van der Waals surface area contributed by atoms with E-state index in [1.807, 2.05) is 0 Å². The fourth-order valence-electron chi connectivity index (χ4n) is 3.31. The van der Waals surface area contributed by atoms with Gasteiger partial charge in [0.2, 0.25) is 10.0 Å². The summed E-state index contributed by atoms with van der Waals surface area (Å²) in [5, 5.41) is 9.17. The van der Waals surface area contributed by atoms with Gasteiger partial charge in [0.05, 0.1) is 5.75 Å². The van der Waals surface area contributed by atoms with E-state index >= 15 is 0 Å². The van der Waals surface area contributed by atoms with Crippen molar-refractivity contribution in [2.75, 3.05) is 12.4 Å². The second-order valence-electron chi connectivity index (χ2n) is 6.21. The average molecular weight is 289 g/mol. The fourth-order valence-corrected chi connectivity index (χ4v) is 5.14. The Bertz CT molecular complexity index is 359. The van der Waals surface area contributed by atoms with Gasteiger partial charge in [-0.1, -0.05) is 25.7 Å². The zero-order chi connectivity index (χ0) is 13.7. The SMILES string of the molecule is O=S(=O)(CC1CCC1)NC(CCO)C1CCCCC1. The first-order valence-electron chi connectivity index (χ1n) is 7.71. The van der Waals surface area contributed by atoms with Gasteiger partial charge in [-0.3, -0.25) is 0 Å². The lowest BCUT2D eigenvalue weighted by atomic mass is 9.83. The molecule has 2 aliphatic rings. The topological polar surface area (TPSA) is 66.4 Å². The van der Waals surface area contributed by atoms with E-state index in [1.54, 1.807) is 0 Å². The minimum atomic E-state index is -3.17. The number of hydrogen-bond donors (Lipinski definition) is 2. The van der Waals surface area contributed by atoms with Crippen LogP contribution in [0.3, 0.4) is 0 Å². The van der Waals surface area contributed by atoms with Gasteiger partial charge in [-0.2, -0.15) is 0 Å². The Morgan fingerprint density at radius 2 is 1.74 bits per heavy atom. The highest BCUT2D eigenvalue weighted by molar-refractivity contribution is 7.89. The summed E-state index contributed by atoms with van der Waals surface area (Å²) in [6.45, 7) is 0.0626. The minimum absolute atomic E-state index is 0.0598. The summed E-state index contributed by atoms with van der Waals surface area (Å²) in [5.41, 5.74) is 0. The molecule has 0 aromatic rings. The Labute approximate surface area is 117 Å². The van der Waals surface area contributed by atoms with E-state index in [9.17, 15) is 8.42 Å². The molecule has 0 aliphatic heterocycles. The van der Waals surface area contributed by atoms with Gasteiger partial charge in [0, 0.05) is 12.6 Å². The van der Waals surface area contributed by atoms with Gasteiger partial charge in [-0.15, -0.1) is 0 Å². The summed E-state index contributed by atoms with van der Waals surface area (Å²) in [5.74, 6) is 1.05. The van der Waals surface area contributed by atoms with Crippen LogP contribution in [0.4, 0.5) is 0 Å². The van der Waals surface area contributed by atoms with Crippen LogP contribution >= 0.6 is 0 Å². The molecule has 5 heteroatoms. The molecule has 2 saturated carbocycles. The van der Waals surface area contributed by atoms with Crippen molar-refractivity contribution >= 4 is 10.0 Å². The molecule has 2 fully saturated rings. The second-order valence-corrected chi connectivity index (χ2v) is 8.01. The van der Waals surface area contributed by atoms with Crippen molar-refractivity contribution in [2.24, 2.45) is 11.8 Å². The van der Waals surface area contributed by atoms with Crippen LogP contribution in [0, 0.1) is 11.8 Å². The van der Waals surface area contributed by atoms with Crippen LogP contribution in [0.2, 0.25) is 0 Å². The largest absolute Gasteiger partial charge is 0.396 e. The standard InChI is InChI=1S/C14H27NO3S/c16-10-9-14(13-7-2-1-3-8-13)15-19(17,18)11-12-5-4-6-12/h12-16H,1-11H2. The van der Waals surface area contributed by atoms with E-state index in [4.69, 9.17) is 5.11 Å². The number of aliphatic hydroxyl groups is 1. The summed E-state index contributed by atoms with van der Waals surface area (Å²) in [6, 6.07) is -0.0598. The zero-order valence-electron chi connectivity index (χ0n) is 11.7. The number of sulfonamides is 1. The Morgan fingerprint density at radius 1 is 1.05 bits per heavy atom. The molecule has 2 rings (SSSR count). The number of nitrogens with one attached hydrogen (secondary N) is 1. The third-order valence-corrected chi connectivity index (χ3v) is 6.24. The molecule has 0 amide bonds. The molecule has 0 spiro atoms. The lowest BCUT2D eigenvalue weighted by Crippen LogP contribution is -2.44. The molecule has 2 aliphatic carbocycles. The molecule has 0 radical (unpaired) electrons. The van der Waals surface area contributed by atoms with Gasteiger partial charge in [-0.25, -0.2) is 13.1 Å². The maximum absolute atomic E-state index is 12.2. The second kappa shape index (κ2) is 7.04. The van der Waals surface area contributed by atoms with E-state index in [2.05, 4.69) is 4.72 Å². The lowest BCUT2D eigenvalue weighted by molar-refractivity contribution is 0.221. The summed E-state index contributed by atoms with van der Waals surface area (Å²) >= 11 is 0. The lowest BCUT2D eigenvalue weighted by Gasteiger charge is -2.32. The predicted octanol–water partition coefficient (Wildman–Crippen LogP) is 2.04. The van der Waals surface area contributed by atoms with E-state index in [-0.39, 0.29) is 18.4 Å². The van der Waals surface area contributed by atoms with Gasteiger partial charge in [0.15, 0.2) is 0 Å². The quantitative estimate of drug-likeness (QED) is 0.753. The van der Waals surface area contributed by atoms with Crippen molar-refractivity contribution in [1.82, 2.24) is 4.72 Å². The van der Waals surface area contributed by atoms with Crippen molar-refractivity contribution < 1.29 is 13.5 Å². The Hall–Kier alpha value is -0.130. The van der Waals surface area contributed by atoms with Gasteiger partial charge < -0.3 is 5.11 Å². The smallest absolute Gasteiger partial charge is 0.212 e. The van der Waals surface area contributed by atoms with Crippen LogP contribution in [0.25, 0.3) is 0 Å². The van der Waals surface area contributed by atoms with Crippen LogP contribution in [0.15, 0.2) is 0 Å². The molecule has 2 N–H and O–H groups in total. The summed E-state index contributed by atoms with van der Waals surface area (Å²) in [6.07, 6.45) is 9.65. The molecule has 0 saturated heterocycles. The van der Waals surface area contributed by atoms with Crippen LogP contribution in [-0.2, 0) is 10.0 Å². The van der Waals surface area contributed by atoms with E-state index in [1.165, 1.54) is 25.7 Å². The van der Waals surface area contributed by atoms with Crippen LogP contribution in [0.5, 0.6) is 0 Å². The summed E-state index contributed by atoms with van der Waals surface area (Å²) in [7, 11) is -3.17. The zero-order valence-corrected chi connectivity index (χ0v) is 12.5. The van der Waals surface area contributed by atoms with Gasteiger partial charge in [0.1, 0.15) is 0 Å². The average Bonchev–Trinajstić information content (AvgIpc) is 2.35. The van der Waals surface area contributed by atoms with Crippen molar-refractivity contribution in [1.29, 1.82) is 0 Å². The maximum atomic E-state index is 12.2. The molecule has 19 heavy (non-hydrogen) atoms. The van der Waals surface area contributed by atoms with Crippen LogP contribution in [-0.4, -0.2) is 31.9 Å². The molecular formula is C14H27NO3S. The van der Waals surface area contributed by atoms with E-state index < -0.39 is 10.0 Å². The van der Waals surface area contributed by atoms with Gasteiger partial charge in [-0.05, 0) is 43.9 Å². The molecule has 4 nitrogen and oxygen atoms in total. The third-order valence-electron chi connectivity index (χ3n) is 4.67. The molecule has 0 aromatic carbocycles. The number of hydrogen-bond acceptors (Lipinski definition) is 3. The van der Waals surface area contributed by atoms with E-state index in [0.29, 0.717) is 18.3 Å². The normalized spacial score (nSPS) is 24.1. The number of rotatable bonds is 7. The highest BCUT2D eigenvalue weighted by Crippen LogP contribution is 2.30. The highest BCUT2D eigenvalue weighted by Gasteiger charge is 2.30. The van der Waals surface area contributed by atoms with Crippen molar-refractivity contribution in [3.63, 3.8) is 0 Å². The first kappa shape index (κ1) is 15.3. The summed E-state index contributed by atoms with van der Waals surface area (Å²) in [4.78, 5) is 0. The van der Waals surface area contributed by atoms with Crippen LogP contribution < -0.4 is 4.72 Å². The fraction of sp³-hybridized carbons (Fsp3) is 1.00. The van der Waals surface area contributed by atoms with Crippen LogP contribution in [0.1, 0.15) is 57.8 Å². The number of aliphatic hydroxyl groups excluding tert-OH is 1. The van der Waals surface area contributed by atoms with Crippen molar-refractivity contribution in [2.45, 2.75) is 63.8 Å². The van der Waals surface area contributed by atoms with Gasteiger partial charge >= 0.3 is 0 Å². The molecule has 0 aromatic heterocycles. The third kappa shape index (κ3) is 4.72. The molecule has 112 valence electrons. The van der Waals surface area contributed by atoms with Gasteiger partial charge in [0.25, 0.3) is 0 Å². The molecule has 0 bridgehead atoms. The Morgan fingerprint density at radius 3 is 2.26 bits per heavy atom. The summed E-state index contributed by atoms with van der Waals surface area (Å²) < 4.78 is 27.2. The highest BCUT2D eigenvalue weighted by atomic mass is 32.2. The Balaban J connectivity index is 1.90. The van der Waals surface area contributed by atoms with Crippen molar-refractivity contribution in [3.05, 3.63) is 0 Å². The van der Waals surface area contributed by atoms with E-state index in [0.717, 1.165) is 25.7 Å². The first-order valence-corrected chi connectivity index (χ1v) is 9.37. The maximum Gasteiger partial charge on any atom is 0.212 e. The Kier molecular flexibility index (Phi) is 5.66. The first-order chi connectivity index (χ1) is 9.11. The minimum Gasteiger partial charge on any atom is -0.396 e. The molecule has 1 atom stereocenters. The monoisotopic (exact) mass is 289 g/mol. The predicted molar refractivity (Wildman–Crippen MR) is 76.3 cm³/mol. The molecule has 1 unspecified atom stereocenters. The molecular weight excluding hydrogens is 262 g/mol. The van der Waals surface area contributed by atoms with Crippen molar-refractivity contribution in [3.8, 4) is 0 Å².